The average molecular weight is 325 g/mol. The van der Waals surface area contributed by atoms with Gasteiger partial charge in [-0.1, -0.05) is 0 Å². The monoisotopic (exact) mass is 324 g/mol. The minimum absolute atomic E-state index is 0.792. The van der Waals surface area contributed by atoms with Crippen molar-refractivity contribution in [2.75, 3.05) is 23.7 Å². The van der Waals surface area contributed by atoms with Crippen LogP contribution in [-0.2, 0) is 13.5 Å². The minimum Gasteiger partial charge on any atom is -0.369 e. The summed E-state index contributed by atoms with van der Waals surface area (Å²) in [6.45, 7) is 3.65. The first-order chi connectivity index (χ1) is 9.22. The van der Waals surface area contributed by atoms with Crippen LogP contribution in [0, 0.1) is 0 Å². The second-order valence-electron chi connectivity index (χ2n) is 4.04. The van der Waals surface area contributed by atoms with E-state index in [9.17, 15) is 0 Å². The van der Waals surface area contributed by atoms with Crippen LogP contribution in [0.1, 0.15) is 12.6 Å². The highest BCUT2D eigenvalue weighted by molar-refractivity contribution is 9.10. The van der Waals surface area contributed by atoms with Gasteiger partial charge in [0, 0.05) is 38.4 Å². The molecule has 19 heavy (non-hydrogen) atoms. The van der Waals surface area contributed by atoms with Gasteiger partial charge in [-0.25, -0.2) is 9.97 Å². The summed E-state index contributed by atoms with van der Waals surface area (Å²) in [4.78, 5) is 8.41. The topological polar surface area (TPSA) is 67.7 Å². The standard InChI is InChI=1S/C12H17BrN6/c1-3-14-11-10(13)12(17-8-16-11)15-6-4-9-5-7-18-19(9)2/h5,7-8H,3-4,6H2,1-2H3,(H2,14,15,16,17). The molecule has 0 radical (unpaired) electrons. The lowest BCUT2D eigenvalue weighted by Crippen LogP contribution is -2.11. The molecule has 0 aromatic carbocycles. The van der Waals surface area contributed by atoms with Gasteiger partial charge in [-0.15, -0.1) is 0 Å². The summed E-state index contributed by atoms with van der Waals surface area (Å²) in [7, 11) is 1.94. The molecular formula is C12H17BrN6. The fraction of sp³-hybridized carbons (Fsp3) is 0.417. The zero-order chi connectivity index (χ0) is 13.7. The Morgan fingerprint density at radius 1 is 1.26 bits per heavy atom. The maximum Gasteiger partial charge on any atom is 0.145 e. The molecule has 7 heteroatoms. The number of nitrogens with one attached hydrogen (secondary N) is 2. The molecule has 0 aliphatic heterocycles. The minimum atomic E-state index is 0.792. The molecule has 0 bridgehead atoms. The summed E-state index contributed by atoms with van der Waals surface area (Å²) in [5.41, 5.74) is 1.18. The van der Waals surface area contributed by atoms with Crippen LogP contribution in [0.2, 0.25) is 0 Å². The highest BCUT2D eigenvalue weighted by Crippen LogP contribution is 2.26. The van der Waals surface area contributed by atoms with Gasteiger partial charge in [0.1, 0.15) is 22.4 Å². The van der Waals surface area contributed by atoms with E-state index in [-0.39, 0.29) is 0 Å². The normalized spacial score (nSPS) is 10.5. The van der Waals surface area contributed by atoms with Crippen molar-refractivity contribution >= 4 is 27.6 Å². The molecular weight excluding hydrogens is 308 g/mol. The number of hydrogen-bond donors (Lipinski definition) is 2. The molecule has 2 aromatic rings. The molecule has 0 amide bonds. The molecule has 0 unspecified atom stereocenters. The molecule has 0 aliphatic carbocycles. The first-order valence-electron chi connectivity index (χ1n) is 6.17. The summed E-state index contributed by atoms with van der Waals surface area (Å²) in [6, 6.07) is 2.01. The molecule has 6 nitrogen and oxygen atoms in total. The number of halogens is 1. The second kappa shape index (κ2) is 6.51. The molecule has 0 spiro atoms. The van der Waals surface area contributed by atoms with E-state index in [4.69, 9.17) is 0 Å². The quantitative estimate of drug-likeness (QED) is 0.851. The lowest BCUT2D eigenvalue weighted by molar-refractivity contribution is 0.711. The van der Waals surface area contributed by atoms with Gasteiger partial charge in [0.2, 0.25) is 0 Å². The van der Waals surface area contributed by atoms with Crippen LogP contribution >= 0.6 is 15.9 Å². The van der Waals surface area contributed by atoms with Crippen molar-refractivity contribution in [3.05, 3.63) is 28.8 Å². The first kappa shape index (κ1) is 13.8. The van der Waals surface area contributed by atoms with Crippen LogP contribution in [0.25, 0.3) is 0 Å². The Kier molecular flexibility index (Phi) is 4.73. The van der Waals surface area contributed by atoms with Gasteiger partial charge in [-0.3, -0.25) is 4.68 Å². The van der Waals surface area contributed by atoms with Gasteiger partial charge in [0.05, 0.1) is 0 Å². The van der Waals surface area contributed by atoms with Crippen LogP contribution in [0.5, 0.6) is 0 Å². The molecule has 0 saturated heterocycles. The molecule has 102 valence electrons. The molecule has 0 saturated carbocycles. The maximum absolute atomic E-state index is 4.23. The molecule has 2 N–H and O–H groups in total. The zero-order valence-electron chi connectivity index (χ0n) is 11.0. The van der Waals surface area contributed by atoms with Crippen LogP contribution in [0.3, 0.4) is 0 Å². The fourth-order valence-corrected chi connectivity index (χ4v) is 2.22. The number of aryl methyl sites for hydroxylation is 1. The highest BCUT2D eigenvalue weighted by Gasteiger charge is 2.07. The second-order valence-corrected chi connectivity index (χ2v) is 4.83. The van der Waals surface area contributed by atoms with Gasteiger partial charge in [0.15, 0.2) is 0 Å². The van der Waals surface area contributed by atoms with Crippen LogP contribution in [0.4, 0.5) is 11.6 Å². The third-order valence-corrected chi connectivity index (χ3v) is 3.48. The SMILES string of the molecule is CCNc1ncnc(NCCc2ccnn2C)c1Br. The summed E-state index contributed by atoms with van der Waals surface area (Å²) < 4.78 is 2.74. The van der Waals surface area contributed by atoms with E-state index in [0.717, 1.165) is 35.6 Å². The van der Waals surface area contributed by atoms with Crippen LogP contribution in [-0.4, -0.2) is 32.8 Å². The van der Waals surface area contributed by atoms with E-state index in [1.54, 1.807) is 12.5 Å². The van der Waals surface area contributed by atoms with Gasteiger partial charge in [0.25, 0.3) is 0 Å². The average Bonchev–Trinajstić information content (AvgIpc) is 2.80. The Morgan fingerprint density at radius 2 is 2.00 bits per heavy atom. The molecule has 2 rings (SSSR count). The fourth-order valence-electron chi connectivity index (χ4n) is 1.74. The Balaban J connectivity index is 1.96. The zero-order valence-corrected chi connectivity index (χ0v) is 12.6. The van der Waals surface area contributed by atoms with E-state index >= 15 is 0 Å². The third-order valence-electron chi connectivity index (χ3n) is 2.73. The molecule has 2 aromatic heterocycles. The number of hydrogen-bond acceptors (Lipinski definition) is 5. The van der Waals surface area contributed by atoms with E-state index < -0.39 is 0 Å². The maximum atomic E-state index is 4.23. The predicted octanol–water partition coefficient (Wildman–Crippen LogP) is 2.06. The van der Waals surface area contributed by atoms with Gasteiger partial charge >= 0.3 is 0 Å². The Hall–Kier alpha value is -1.63. The predicted molar refractivity (Wildman–Crippen MR) is 79.3 cm³/mol. The van der Waals surface area contributed by atoms with Crippen molar-refractivity contribution < 1.29 is 0 Å². The highest BCUT2D eigenvalue weighted by atomic mass is 79.9. The van der Waals surface area contributed by atoms with Crippen molar-refractivity contribution in [1.29, 1.82) is 0 Å². The lowest BCUT2D eigenvalue weighted by Gasteiger charge is -2.10. The summed E-state index contributed by atoms with van der Waals surface area (Å²) in [6.07, 6.45) is 4.25. The molecule has 0 fully saturated rings. The smallest absolute Gasteiger partial charge is 0.145 e. The third kappa shape index (κ3) is 3.44. The first-order valence-corrected chi connectivity index (χ1v) is 6.96. The van der Waals surface area contributed by atoms with E-state index in [1.807, 2.05) is 24.7 Å². The summed E-state index contributed by atoms with van der Waals surface area (Å²) in [5.74, 6) is 1.61. The molecule has 0 atom stereocenters. The molecule has 2 heterocycles. The molecule has 0 aliphatic rings. The van der Waals surface area contributed by atoms with Crippen molar-refractivity contribution in [1.82, 2.24) is 19.7 Å². The Morgan fingerprint density at radius 3 is 2.63 bits per heavy atom. The van der Waals surface area contributed by atoms with Crippen molar-refractivity contribution in [2.24, 2.45) is 7.05 Å². The summed E-state index contributed by atoms with van der Waals surface area (Å²) in [5, 5.41) is 10.6. The van der Waals surface area contributed by atoms with Crippen molar-refractivity contribution in [3.63, 3.8) is 0 Å². The number of aromatic nitrogens is 4. The van der Waals surface area contributed by atoms with E-state index in [0.29, 0.717) is 0 Å². The van der Waals surface area contributed by atoms with Gasteiger partial charge < -0.3 is 10.6 Å². The van der Waals surface area contributed by atoms with E-state index in [1.165, 1.54) is 5.69 Å². The largest absolute Gasteiger partial charge is 0.369 e. The number of nitrogens with zero attached hydrogens (tertiary/aromatic N) is 4. The lowest BCUT2D eigenvalue weighted by atomic mass is 10.3. The number of rotatable bonds is 6. The van der Waals surface area contributed by atoms with Gasteiger partial charge in [-0.05, 0) is 28.9 Å². The van der Waals surface area contributed by atoms with Crippen molar-refractivity contribution in [2.45, 2.75) is 13.3 Å². The Labute approximate surface area is 120 Å². The summed E-state index contributed by atoms with van der Waals surface area (Å²) >= 11 is 3.51. The van der Waals surface area contributed by atoms with Gasteiger partial charge in [-0.2, -0.15) is 5.10 Å². The van der Waals surface area contributed by atoms with Crippen LogP contribution < -0.4 is 10.6 Å². The van der Waals surface area contributed by atoms with Crippen LogP contribution in [0.15, 0.2) is 23.1 Å². The number of anilines is 2. The Bertz CT molecular complexity index is 539. The van der Waals surface area contributed by atoms with E-state index in [2.05, 4.69) is 41.6 Å². The van der Waals surface area contributed by atoms with Crippen molar-refractivity contribution in [3.8, 4) is 0 Å².